The molecule has 2 N–H and O–H groups in total. The summed E-state index contributed by atoms with van der Waals surface area (Å²) in [6.07, 6.45) is 4.02. The van der Waals surface area contributed by atoms with Crippen LogP contribution in [0.2, 0.25) is 0 Å². The lowest BCUT2D eigenvalue weighted by atomic mass is 10.1. The van der Waals surface area contributed by atoms with Gasteiger partial charge in [-0.05, 0) is 17.7 Å². The number of carbonyl (C=O) groups is 1. The Balaban J connectivity index is 1.74. The molecule has 0 saturated heterocycles. The molecule has 28 heavy (non-hydrogen) atoms. The summed E-state index contributed by atoms with van der Waals surface area (Å²) in [5, 5.41) is 10.2. The predicted octanol–water partition coefficient (Wildman–Crippen LogP) is 0.476. The predicted molar refractivity (Wildman–Crippen MR) is 98.2 cm³/mol. The second-order valence-electron chi connectivity index (χ2n) is 5.77. The van der Waals surface area contributed by atoms with E-state index in [1.807, 2.05) is 0 Å². The van der Waals surface area contributed by atoms with Crippen molar-refractivity contribution >= 4 is 27.4 Å². The Bertz CT molecular complexity index is 1350. The molecule has 0 unspecified atom stereocenters. The highest BCUT2D eigenvalue weighted by Gasteiger charge is 2.22. The number of nitrogens with zero attached hydrogens (tertiary/aromatic N) is 5. The molecule has 3 aromatic heterocycles. The zero-order valence-electron chi connectivity index (χ0n) is 14.4. The molecule has 12 heteroatoms. The standard InChI is InChI=1S/C16H13N7O4S/c1-10(24)21-14-6-7-19-23(14)28(26,27)12-4-2-11(3-5-12)13-8-20-22-15(13)17-9-18-16(22)25/h2-9H,1H3,(H,21,24)(H,17,18,25). The van der Waals surface area contributed by atoms with Crippen molar-refractivity contribution in [2.24, 2.45) is 0 Å². The maximum absolute atomic E-state index is 12.8. The fraction of sp³-hybridized carbons (Fsp3) is 0.0625. The monoisotopic (exact) mass is 399 g/mol. The Labute approximate surface area is 157 Å². The number of anilines is 1. The van der Waals surface area contributed by atoms with Crippen LogP contribution < -0.4 is 11.0 Å². The molecule has 4 aromatic rings. The molecule has 142 valence electrons. The first-order chi connectivity index (χ1) is 13.4. The van der Waals surface area contributed by atoms with Crippen LogP contribution in [0.15, 0.2) is 58.7 Å². The Morgan fingerprint density at radius 1 is 1.14 bits per heavy atom. The molecule has 0 spiro atoms. The van der Waals surface area contributed by atoms with E-state index in [1.165, 1.54) is 43.8 Å². The van der Waals surface area contributed by atoms with Gasteiger partial charge >= 0.3 is 5.69 Å². The molecular formula is C16H13N7O4S. The number of aromatic amines is 1. The van der Waals surface area contributed by atoms with Crippen LogP contribution in [-0.2, 0) is 14.8 Å². The van der Waals surface area contributed by atoms with E-state index in [-0.39, 0.29) is 10.7 Å². The van der Waals surface area contributed by atoms with Crippen LogP contribution in [0.25, 0.3) is 16.8 Å². The topological polar surface area (TPSA) is 144 Å². The van der Waals surface area contributed by atoms with Gasteiger partial charge in [0.1, 0.15) is 5.82 Å². The third-order valence-electron chi connectivity index (χ3n) is 3.92. The van der Waals surface area contributed by atoms with Gasteiger partial charge in [-0.1, -0.05) is 12.1 Å². The van der Waals surface area contributed by atoms with Crippen molar-refractivity contribution in [2.75, 3.05) is 5.32 Å². The first-order valence-electron chi connectivity index (χ1n) is 7.97. The van der Waals surface area contributed by atoms with Crippen LogP contribution in [0.4, 0.5) is 5.82 Å². The van der Waals surface area contributed by atoms with Crippen molar-refractivity contribution in [3.63, 3.8) is 0 Å². The van der Waals surface area contributed by atoms with Gasteiger partial charge in [0.15, 0.2) is 5.65 Å². The van der Waals surface area contributed by atoms with Gasteiger partial charge in [-0.15, -0.1) is 4.09 Å². The van der Waals surface area contributed by atoms with Crippen molar-refractivity contribution in [1.82, 2.24) is 28.8 Å². The number of benzene rings is 1. The van der Waals surface area contributed by atoms with Crippen LogP contribution >= 0.6 is 0 Å². The summed E-state index contributed by atoms with van der Waals surface area (Å²) < 4.78 is 27.5. The van der Waals surface area contributed by atoms with E-state index in [1.54, 1.807) is 12.1 Å². The average Bonchev–Trinajstić information content (AvgIpc) is 3.29. The fourth-order valence-corrected chi connectivity index (χ4v) is 3.91. The number of hydrogen-bond donors (Lipinski definition) is 2. The molecule has 0 saturated carbocycles. The van der Waals surface area contributed by atoms with Crippen molar-refractivity contribution in [2.45, 2.75) is 11.8 Å². The van der Waals surface area contributed by atoms with E-state index in [0.29, 0.717) is 16.8 Å². The number of nitrogens with one attached hydrogen (secondary N) is 2. The number of fused-ring (bicyclic) bond motifs is 1. The molecule has 0 aliphatic carbocycles. The second-order valence-corrected chi connectivity index (χ2v) is 7.54. The number of amides is 1. The summed E-state index contributed by atoms with van der Waals surface area (Å²) in [5.74, 6) is -0.370. The molecule has 0 aliphatic rings. The molecule has 0 radical (unpaired) electrons. The van der Waals surface area contributed by atoms with Crippen molar-refractivity contribution in [1.29, 1.82) is 0 Å². The Morgan fingerprint density at radius 2 is 1.89 bits per heavy atom. The minimum absolute atomic E-state index is 0.0196. The van der Waals surface area contributed by atoms with E-state index in [0.717, 1.165) is 8.60 Å². The molecule has 3 heterocycles. The molecular weight excluding hydrogens is 386 g/mol. The van der Waals surface area contributed by atoms with Gasteiger partial charge in [-0.25, -0.2) is 9.78 Å². The highest BCUT2D eigenvalue weighted by molar-refractivity contribution is 7.90. The van der Waals surface area contributed by atoms with Gasteiger partial charge in [0, 0.05) is 18.6 Å². The zero-order valence-corrected chi connectivity index (χ0v) is 15.2. The van der Waals surface area contributed by atoms with Crippen LogP contribution in [0.1, 0.15) is 6.92 Å². The molecule has 11 nitrogen and oxygen atoms in total. The zero-order chi connectivity index (χ0) is 19.9. The highest BCUT2D eigenvalue weighted by atomic mass is 32.2. The quantitative estimate of drug-likeness (QED) is 0.508. The van der Waals surface area contributed by atoms with Crippen molar-refractivity contribution < 1.29 is 13.2 Å². The van der Waals surface area contributed by atoms with E-state index < -0.39 is 21.6 Å². The third-order valence-corrected chi connectivity index (χ3v) is 5.53. The second kappa shape index (κ2) is 6.42. The van der Waals surface area contributed by atoms with Gasteiger partial charge in [0.2, 0.25) is 5.91 Å². The third kappa shape index (κ3) is 2.85. The SMILES string of the molecule is CC(=O)Nc1ccnn1S(=O)(=O)c1ccc(-c2cnn3c(=O)[nH]cnc23)cc1. The molecule has 1 amide bonds. The van der Waals surface area contributed by atoms with Gasteiger partial charge in [0.25, 0.3) is 10.0 Å². The van der Waals surface area contributed by atoms with Gasteiger partial charge < -0.3 is 5.32 Å². The lowest BCUT2D eigenvalue weighted by Crippen LogP contribution is -2.19. The Hall–Kier alpha value is -3.80. The van der Waals surface area contributed by atoms with Crippen LogP contribution in [-0.4, -0.2) is 43.1 Å². The van der Waals surface area contributed by atoms with Crippen LogP contribution in [0.5, 0.6) is 0 Å². The normalized spacial score (nSPS) is 11.6. The van der Waals surface area contributed by atoms with E-state index in [4.69, 9.17) is 0 Å². The molecule has 0 aliphatic heterocycles. The Morgan fingerprint density at radius 3 is 2.61 bits per heavy atom. The smallest absolute Gasteiger partial charge is 0.310 e. The van der Waals surface area contributed by atoms with E-state index >= 15 is 0 Å². The summed E-state index contributed by atoms with van der Waals surface area (Å²) in [4.78, 5) is 29.5. The summed E-state index contributed by atoms with van der Waals surface area (Å²) in [5.41, 5.74) is 1.13. The number of H-pyrrole nitrogens is 1. The fourth-order valence-electron chi connectivity index (χ4n) is 2.69. The van der Waals surface area contributed by atoms with Gasteiger partial charge in [-0.2, -0.15) is 23.1 Å². The minimum atomic E-state index is -4.01. The summed E-state index contributed by atoms with van der Waals surface area (Å²) >= 11 is 0. The number of rotatable bonds is 4. The lowest BCUT2D eigenvalue weighted by Gasteiger charge is -2.09. The van der Waals surface area contributed by atoms with Gasteiger partial charge in [0.05, 0.1) is 23.6 Å². The molecule has 0 atom stereocenters. The summed E-state index contributed by atoms with van der Waals surface area (Å²) in [6, 6.07) is 7.35. The van der Waals surface area contributed by atoms with Gasteiger partial charge in [-0.3, -0.25) is 9.78 Å². The molecule has 4 rings (SSSR count). The largest absolute Gasteiger partial charge is 0.349 e. The minimum Gasteiger partial charge on any atom is -0.310 e. The van der Waals surface area contributed by atoms with E-state index in [9.17, 15) is 18.0 Å². The number of aromatic nitrogens is 6. The van der Waals surface area contributed by atoms with Crippen molar-refractivity contribution in [3.8, 4) is 11.1 Å². The average molecular weight is 399 g/mol. The maximum Gasteiger partial charge on any atom is 0.349 e. The molecule has 0 bridgehead atoms. The van der Waals surface area contributed by atoms with Crippen LogP contribution in [0, 0.1) is 0 Å². The molecule has 0 fully saturated rings. The number of carbonyl (C=O) groups excluding carboxylic acids is 1. The van der Waals surface area contributed by atoms with Crippen molar-refractivity contribution in [3.05, 3.63) is 59.5 Å². The Kier molecular flexibility index (Phi) is 4.04. The first-order valence-corrected chi connectivity index (χ1v) is 9.41. The highest BCUT2D eigenvalue weighted by Crippen LogP contribution is 2.25. The number of hydrogen-bond acceptors (Lipinski definition) is 7. The van der Waals surface area contributed by atoms with Crippen LogP contribution in [0.3, 0.4) is 0 Å². The molecule has 1 aromatic carbocycles. The summed E-state index contributed by atoms with van der Waals surface area (Å²) in [6.45, 7) is 1.27. The summed E-state index contributed by atoms with van der Waals surface area (Å²) in [7, 11) is -4.01. The lowest BCUT2D eigenvalue weighted by molar-refractivity contribution is -0.114. The maximum atomic E-state index is 12.8. The van der Waals surface area contributed by atoms with E-state index in [2.05, 4.69) is 25.5 Å². The first kappa shape index (κ1) is 17.6.